The molecule has 1 heterocycles. The molecular formula is C20H21NO3. The summed E-state index contributed by atoms with van der Waals surface area (Å²) in [4.78, 5) is 12.2. The number of nitrogens with zero attached hydrogens (tertiary/aromatic N) is 1. The standard InChI is InChI=1S/C20H21NO3/c1-2-3-11-21-18-12-16(24-14-15-7-5-4-6-8-15)9-10-17(18)19(22)13-20(21)23/h4-10,12-13,22H,2-3,11,14H2,1H3. The van der Waals surface area contributed by atoms with Gasteiger partial charge in [0.25, 0.3) is 5.56 Å². The largest absolute Gasteiger partial charge is 0.507 e. The molecule has 0 saturated carbocycles. The van der Waals surface area contributed by atoms with Gasteiger partial charge < -0.3 is 14.4 Å². The van der Waals surface area contributed by atoms with Crippen LogP contribution in [0.5, 0.6) is 11.5 Å². The molecular weight excluding hydrogens is 302 g/mol. The van der Waals surface area contributed by atoms with Crippen molar-refractivity contribution in [3.05, 3.63) is 70.5 Å². The molecule has 0 aliphatic heterocycles. The maximum absolute atomic E-state index is 12.2. The van der Waals surface area contributed by atoms with Crippen LogP contribution in [0.25, 0.3) is 10.9 Å². The highest BCUT2D eigenvalue weighted by Crippen LogP contribution is 2.27. The van der Waals surface area contributed by atoms with Gasteiger partial charge in [-0.2, -0.15) is 0 Å². The topological polar surface area (TPSA) is 51.5 Å². The van der Waals surface area contributed by atoms with Gasteiger partial charge in [0.1, 0.15) is 18.1 Å². The van der Waals surface area contributed by atoms with Crippen molar-refractivity contribution >= 4 is 10.9 Å². The molecule has 0 saturated heterocycles. The van der Waals surface area contributed by atoms with Crippen molar-refractivity contribution < 1.29 is 9.84 Å². The van der Waals surface area contributed by atoms with Crippen LogP contribution in [0.15, 0.2) is 59.4 Å². The van der Waals surface area contributed by atoms with Crippen molar-refractivity contribution in [1.82, 2.24) is 4.57 Å². The Labute approximate surface area is 140 Å². The molecule has 0 atom stereocenters. The lowest BCUT2D eigenvalue weighted by Crippen LogP contribution is -2.19. The van der Waals surface area contributed by atoms with Crippen molar-refractivity contribution in [2.24, 2.45) is 0 Å². The first kappa shape index (κ1) is 16.1. The smallest absolute Gasteiger partial charge is 0.254 e. The molecule has 2 aromatic carbocycles. The van der Waals surface area contributed by atoms with Crippen molar-refractivity contribution in [3.63, 3.8) is 0 Å². The number of benzene rings is 2. The molecule has 4 heteroatoms. The molecule has 3 rings (SSSR count). The highest BCUT2D eigenvalue weighted by atomic mass is 16.5. The van der Waals surface area contributed by atoms with Gasteiger partial charge in [-0.05, 0) is 24.1 Å². The van der Waals surface area contributed by atoms with Gasteiger partial charge in [0, 0.05) is 24.1 Å². The van der Waals surface area contributed by atoms with Crippen molar-refractivity contribution in [2.45, 2.75) is 32.9 Å². The number of aromatic hydroxyl groups is 1. The summed E-state index contributed by atoms with van der Waals surface area (Å²) in [7, 11) is 0. The van der Waals surface area contributed by atoms with Gasteiger partial charge in [0.2, 0.25) is 0 Å². The number of fused-ring (bicyclic) bond motifs is 1. The molecule has 1 aromatic heterocycles. The summed E-state index contributed by atoms with van der Waals surface area (Å²) < 4.78 is 7.54. The Morgan fingerprint density at radius 2 is 1.88 bits per heavy atom. The molecule has 1 N–H and O–H groups in total. The molecule has 4 nitrogen and oxygen atoms in total. The number of aryl methyl sites for hydroxylation is 1. The maximum Gasteiger partial charge on any atom is 0.254 e. The summed E-state index contributed by atoms with van der Waals surface area (Å²) in [5.41, 5.74) is 1.60. The van der Waals surface area contributed by atoms with Gasteiger partial charge in [0.05, 0.1) is 5.52 Å². The second-order valence-corrected chi connectivity index (χ2v) is 5.83. The van der Waals surface area contributed by atoms with E-state index in [-0.39, 0.29) is 11.3 Å². The molecule has 0 unspecified atom stereocenters. The third-order valence-corrected chi connectivity index (χ3v) is 4.05. The van der Waals surface area contributed by atoms with Gasteiger partial charge in [-0.1, -0.05) is 43.7 Å². The van der Waals surface area contributed by atoms with E-state index in [1.165, 1.54) is 6.07 Å². The van der Waals surface area contributed by atoms with Gasteiger partial charge in [-0.3, -0.25) is 4.79 Å². The van der Waals surface area contributed by atoms with Crippen LogP contribution in [0.3, 0.4) is 0 Å². The fraction of sp³-hybridized carbons (Fsp3) is 0.250. The third kappa shape index (κ3) is 3.43. The quantitative estimate of drug-likeness (QED) is 0.743. The summed E-state index contributed by atoms with van der Waals surface area (Å²) in [6.45, 7) is 3.18. The number of ether oxygens (including phenoxy) is 1. The Morgan fingerprint density at radius 3 is 2.62 bits per heavy atom. The fourth-order valence-electron chi connectivity index (χ4n) is 2.72. The van der Waals surface area contributed by atoms with E-state index in [9.17, 15) is 9.90 Å². The molecule has 3 aromatic rings. The zero-order chi connectivity index (χ0) is 16.9. The predicted octanol–water partition coefficient (Wildman–Crippen LogP) is 4.09. The molecule has 124 valence electrons. The number of rotatable bonds is 6. The highest BCUT2D eigenvalue weighted by molar-refractivity contribution is 5.86. The van der Waals surface area contributed by atoms with Crippen LogP contribution >= 0.6 is 0 Å². The number of hydrogen-bond acceptors (Lipinski definition) is 3. The average Bonchev–Trinajstić information content (AvgIpc) is 2.60. The lowest BCUT2D eigenvalue weighted by molar-refractivity contribution is 0.306. The second-order valence-electron chi connectivity index (χ2n) is 5.83. The van der Waals surface area contributed by atoms with Crippen LogP contribution in [0.1, 0.15) is 25.3 Å². The molecule has 0 fully saturated rings. The van der Waals surface area contributed by atoms with E-state index in [0.717, 1.165) is 18.4 Å². The first-order chi connectivity index (χ1) is 11.7. The van der Waals surface area contributed by atoms with Crippen LogP contribution in [-0.4, -0.2) is 9.67 Å². The third-order valence-electron chi connectivity index (χ3n) is 4.05. The Hall–Kier alpha value is -2.75. The van der Waals surface area contributed by atoms with E-state index in [4.69, 9.17) is 4.74 Å². The van der Waals surface area contributed by atoms with Gasteiger partial charge >= 0.3 is 0 Å². The first-order valence-electron chi connectivity index (χ1n) is 8.22. The number of pyridine rings is 1. The minimum Gasteiger partial charge on any atom is -0.507 e. The van der Waals surface area contributed by atoms with Crippen molar-refractivity contribution in [3.8, 4) is 11.5 Å². The molecule has 0 aliphatic carbocycles. The Balaban J connectivity index is 1.94. The van der Waals surface area contributed by atoms with E-state index < -0.39 is 0 Å². The lowest BCUT2D eigenvalue weighted by atomic mass is 10.1. The average molecular weight is 323 g/mol. The molecule has 0 amide bonds. The molecule has 0 spiro atoms. The SMILES string of the molecule is CCCCn1c(=O)cc(O)c2ccc(OCc3ccccc3)cc21. The fourth-order valence-corrected chi connectivity index (χ4v) is 2.72. The van der Waals surface area contributed by atoms with Crippen molar-refractivity contribution in [2.75, 3.05) is 0 Å². The summed E-state index contributed by atoms with van der Waals surface area (Å²) in [6.07, 6.45) is 1.91. The van der Waals surface area contributed by atoms with Crippen LogP contribution in [0, 0.1) is 0 Å². The Morgan fingerprint density at radius 1 is 1.08 bits per heavy atom. The van der Waals surface area contributed by atoms with E-state index in [0.29, 0.717) is 29.8 Å². The summed E-state index contributed by atoms with van der Waals surface area (Å²) in [6, 6.07) is 16.6. The molecule has 0 aliphatic rings. The zero-order valence-corrected chi connectivity index (χ0v) is 13.7. The van der Waals surface area contributed by atoms with E-state index in [1.807, 2.05) is 42.5 Å². The minimum atomic E-state index is -0.186. The first-order valence-corrected chi connectivity index (χ1v) is 8.22. The summed E-state index contributed by atoms with van der Waals surface area (Å²) in [5, 5.41) is 10.7. The number of unbranched alkanes of at least 4 members (excludes halogenated alkanes) is 1. The summed E-state index contributed by atoms with van der Waals surface area (Å²) >= 11 is 0. The summed E-state index contributed by atoms with van der Waals surface area (Å²) in [5.74, 6) is 0.693. The second kappa shape index (κ2) is 7.21. The number of aromatic nitrogens is 1. The molecule has 24 heavy (non-hydrogen) atoms. The van der Waals surface area contributed by atoms with Crippen LogP contribution in [0.4, 0.5) is 0 Å². The van der Waals surface area contributed by atoms with Gasteiger partial charge in [-0.15, -0.1) is 0 Å². The lowest BCUT2D eigenvalue weighted by Gasteiger charge is -2.13. The minimum absolute atomic E-state index is 0.0114. The molecule has 0 radical (unpaired) electrons. The van der Waals surface area contributed by atoms with Crippen LogP contribution in [-0.2, 0) is 13.2 Å². The van der Waals surface area contributed by atoms with E-state index in [2.05, 4.69) is 6.92 Å². The van der Waals surface area contributed by atoms with Gasteiger partial charge in [-0.25, -0.2) is 0 Å². The van der Waals surface area contributed by atoms with E-state index >= 15 is 0 Å². The number of hydrogen-bond donors (Lipinski definition) is 1. The van der Waals surface area contributed by atoms with Crippen LogP contribution < -0.4 is 10.3 Å². The zero-order valence-electron chi connectivity index (χ0n) is 13.7. The normalized spacial score (nSPS) is 10.9. The molecule has 0 bridgehead atoms. The van der Waals surface area contributed by atoms with E-state index in [1.54, 1.807) is 10.6 Å². The monoisotopic (exact) mass is 323 g/mol. The highest BCUT2D eigenvalue weighted by Gasteiger charge is 2.09. The Bertz CT molecular complexity index is 885. The van der Waals surface area contributed by atoms with Crippen molar-refractivity contribution in [1.29, 1.82) is 0 Å². The Kier molecular flexibility index (Phi) is 4.85. The predicted molar refractivity (Wildman–Crippen MR) is 95.6 cm³/mol. The van der Waals surface area contributed by atoms with Gasteiger partial charge in [0.15, 0.2) is 0 Å². The van der Waals surface area contributed by atoms with Crippen LogP contribution in [0.2, 0.25) is 0 Å². The maximum atomic E-state index is 12.2.